The Labute approximate surface area is 245 Å². The molecule has 2 aromatic carbocycles. The van der Waals surface area contributed by atoms with Crippen LogP contribution in [0.15, 0.2) is 30.3 Å². The second kappa shape index (κ2) is 12.7. The summed E-state index contributed by atoms with van der Waals surface area (Å²) in [5.74, 6) is -3.73. The van der Waals surface area contributed by atoms with Gasteiger partial charge in [0, 0.05) is 75.0 Å². The summed E-state index contributed by atoms with van der Waals surface area (Å²) in [6, 6.07) is 7.79. The van der Waals surface area contributed by atoms with Gasteiger partial charge in [0.15, 0.2) is 11.6 Å². The van der Waals surface area contributed by atoms with E-state index in [1.54, 1.807) is 11.0 Å². The minimum absolute atomic E-state index is 0.0856. The number of nitrogens with zero attached hydrogens (tertiary/aromatic N) is 3. The topological polar surface area (TPSA) is 79.9 Å². The van der Waals surface area contributed by atoms with Crippen LogP contribution in [-0.2, 0) is 11.3 Å². The fourth-order valence-corrected chi connectivity index (χ4v) is 5.90. The van der Waals surface area contributed by atoms with E-state index < -0.39 is 35.7 Å². The van der Waals surface area contributed by atoms with Gasteiger partial charge in [-0.1, -0.05) is 17.7 Å². The summed E-state index contributed by atoms with van der Waals surface area (Å²) in [6.07, 6.45) is -4.13. The molecule has 3 saturated heterocycles. The molecule has 2 aromatic rings. The lowest BCUT2D eigenvalue weighted by atomic mass is 10.1. The van der Waals surface area contributed by atoms with Gasteiger partial charge in [-0.05, 0) is 30.7 Å². The first-order chi connectivity index (χ1) is 20.0. The molecule has 228 valence electrons. The average molecular weight is 615 g/mol. The number of nitrogens with one attached hydrogen (secondary N) is 3. The number of benzene rings is 2. The summed E-state index contributed by atoms with van der Waals surface area (Å²) in [5, 5.41) is 8.96. The minimum Gasteiger partial charge on any atom is -0.367 e. The van der Waals surface area contributed by atoms with Crippen LogP contribution in [0, 0.1) is 11.6 Å². The number of hydrogen-bond donors (Lipinski definition) is 3. The molecule has 3 fully saturated rings. The molecule has 2 unspecified atom stereocenters. The molecule has 0 spiro atoms. The average Bonchev–Trinajstić information content (AvgIpc) is 3.57. The predicted molar refractivity (Wildman–Crippen MR) is 149 cm³/mol. The molecule has 0 aromatic heterocycles. The lowest BCUT2D eigenvalue weighted by Gasteiger charge is -2.37. The zero-order valence-electron chi connectivity index (χ0n) is 22.7. The van der Waals surface area contributed by atoms with Crippen molar-refractivity contribution in [2.75, 3.05) is 62.6 Å². The molecule has 3 aliphatic rings. The SMILES string of the molecule is O=C(CN1CC2CC1CN2)NCc1ccc(C(=O)Nc2ccc(Cl)cc2N2CCN(CCC(F)(F)F)CC2)c(F)c1F. The second-order valence-electron chi connectivity index (χ2n) is 10.9. The molecule has 3 aliphatic heterocycles. The zero-order chi connectivity index (χ0) is 30.0. The Morgan fingerprint density at radius 3 is 2.48 bits per heavy atom. The molecule has 8 nitrogen and oxygen atoms in total. The van der Waals surface area contributed by atoms with E-state index in [-0.39, 0.29) is 31.1 Å². The lowest BCUT2D eigenvalue weighted by Crippen LogP contribution is -2.47. The lowest BCUT2D eigenvalue weighted by molar-refractivity contribution is -0.138. The third-order valence-electron chi connectivity index (χ3n) is 8.03. The minimum atomic E-state index is -4.23. The first-order valence-electron chi connectivity index (χ1n) is 13.8. The number of halogens is 6. The van der Waals surface area contributed by atoms with Gasteiger partial charge in [-0.3, -0.25) is 19.4 Å². The number of carbonyl (C=O) groups excluding carboxylic acids is 2. The van der Waals surface area contributed by atoms with Crippen molar-refractivity contribution in [2.45, 2.75) is 37.6 Å². The third kappa shape index (κ3) is 7.31. The monoisotopic (exact) mass is 614 g/mol. The molecule has 2 amide bonds. The van der Waals surface area contributed by atoms with Crippen LogP contribution < -0.4 is 20.9 Å². The maximum atomic E-state index is 15.0. The summed E-state index contributed by atoms with van der Waals surface area (Å²) < 4.78 is 67.7. The quantitative estimate of drug-likeness (QED) is 0.375. The fourth-order valence-electron chi connectivity index (χ4n) is 5.74. The molecule has 3 heterocycles. The number of piperazine rings is 2. The molecule has 0 aliphatic carbocycles. The number of alkyl halides is 3. The maximum Gasteiger partial charge on any atom is 0.390 e. The molecule has 0 radical (unpaired) electrons. The van der Waals surface area contributed by atoms with Gasteiger partial charge in [0.05, 0.1) is 29.9 Å². The van der Waals surface area contributed by atoms with Crippen LogP contribution in [0.3, 0.4) is 0 Å². The van der Waals surface area contributed by atoms with E-state index in [1.807, 2.05) is 4.90 Å². The van der Waals surface area contributed by atoms with Crippen LogP contribution >= 0.6 is 11.6 Å². The molecule has 3 N–H and O–H groups in total. The normalized spacial score (nSPS) is 21.1. The Bertz CT molecular complexity index is 1320. The maximum absolute atomic E-state index is 15.0. The van der Waals surface area contributed by atoms with Gasteiger partial charge in [-0.15, -0.1) is 0 Å². The van der Waals surface area contributed by atoms with E-state index in [2.05, 4.69) is 20.9 Å². The van der Waals surface area contributed by atoms with Crippen molar-refractivity contribution in [3.8, 4) is 0 Å². The Balaban J connectivity index is 1.19. The highest BCUT2D eigenvalue weighted by molar-refractivity contribution is 6.31. The highest BCUT2D eigenvalue weighted by atomic mass is 35.5. The van der Waals surface area contributed by atoms with Gasteiger partial charge in [0.1, 0.15) is 0 Å². The van der Waals surface area contributed by atoms with E-state index in [1.165, 1.54) is 18.2 Å². The van der Waals surface area contributed by atoms with E-state index in [9.17, 15) is 27.2 Å². The van der Waals surface area contributed by atoms with Gasteiger partial charge in [0.25, 0.3) is 5.91 Å². The Morgan fingerprint density at radius 2 is 1.81 bits per heavy atom. The van der Waals surface area contributed by atoms with Crippen molar-refractivity contribution in [3.05, 3.63) is 58.1 Å². The molecular formula is C28H32ClF5N6O2. The van der Waals surface area contributed by atoms with Crippen molar-refractivity contribution in [1.29, 1.82) is 0 Å². The predicted octanol–water partition coefficient (Wildman–Crippen LogP) is 3.61. The summed E-state index contributed by atoms with van der Waals surface area (Å²) >= 11 is 6.18. The molecule has 0 saturated carbocycles. The Hall–Kier alpha value is -3.00. The first-order valence-corrected chi connectivity index (χ1v) is 14.2. The van der Waals surface area contributed by atoms with Crippen molar-refractivity contribution in [3.63, 3.8) is 0 Å². The summed E-state index contributed by atoms with van der Waals surface area (Å²) in [6.45, 7) is 3.01. The van der Waals surface area contributed by atoms with E-state index >= 15 is 4.39 Å². The number of anilines is 2. The van der Waals surface area contributed by atoms with E-state index in [4.69, 9.17) is 11.6 Å². The number of fused-ring (bicyclic) bond motifs is 2. The van der Waals surface area contributed by atoms with Gasteiger partial charge < -0.3 is 20.9 Å². The summed E-state index contributed by atoms with van der Waals surface area (Å²) in [5.41, 5.74) is 0.224. The molecule has 14 heteroatoms. The number of likely N-dealkylation sites (tertiary alicyclic amines) is 1. The highest BCUT2D eigenvalue weighted by Gasteiger charge is 2.38. The molecular weight excluding hydrogens is 583 g/mol. The van der Waals surface area contributed by atoms with Crippen molar-refractivity contribution in [2.24, 2.45) is 0 Å². The smallest absolute Gasteiger partial charge is 0.367 e. The second-order valence-corrected chi connectivity index (χ2v) is 11.3. The van der Waals surface area contributed by atoms with Crippen LogP contribution in [0.5, 0.6) is 0 Å². The fraction of sp³-hybridized carbons (Fsp3) is 0.500. The number of hydrogen-bond acceptors (Lipinski definition) is 6. The van der Waals surface area contributed by atoms with Gasteiger partial charge in [-0.25, -0.2) is 8.78 Å². The Morgan fingerprint density at radius 1 is 1.05 bits per heavy atom. The van der Waals surface area contributed by atoms with Gasteiger partial charge in [-0.2, -0.15) is 13.2 Å². The van der Waals surface area contributed by atoms with Crippen molar-refractivity contribution >= 4 is 34.8 Å². The van der Waals surface area contributed by atoms with Crippen LogP contribution in [0.2, 0.25) is 5.02 Å². The van der Waals surface area contributed by atoms with E-state index in [0.717, 1.165) is 25.6 Å². The van der Waals surface area contributed by atoms with E-state index in [0.29, 0.717) is 54.7 Å². The highest BCUT2D eigenvalue weighted by Crippen LogP contribution is 2.31. The molecule has 42 heavy (non-hydrogen) atoms. The largest absolute Gasteiger partial charge is 0.390 e. The van der Waals surface area contributed by atoms with Crippen molar-refractivity contribution < 1.29 is 31.5 Å². The zero-order valence-corrected chi connectivity index (χ0v) is 23.5. The van der Waals surface area contributed by atoms with Crippen LogP contribution in [-0.4, -0.2) is 92.2 Å². The van der Waals surface area contributed by atoms with Crippen LogP contribution in [0.25, 0.3) is 0 Å². The summed E-state index contributed by atoms with van der Waals surface area (Å²) in [7, 11) is 0. The van der Waals surface area contributed by atoms with Crippen LogP contribution in [0.1, 0.15) is 28.8 Å². The molecule has 2 atom stereocenters. The summed E-state index contributed by atoms with van der Waals surface area (Å²) in [4.78, 5) is 31.0. The number of rotatable bonds is 9. The third-order valence-corrected chi connectivity index (χ3v) is 8.27. The number of amides is 2. The van der Waals surface area contributed by atoms with Gasteiger partial charge in [0.2, 0.25) is 5.91 Å². The standard InChI is InChI=1S/C28H32ClF5N6O2/c29-18-2-4-22(23(11-18)39-9-7-38(8-10-39)6-5-28(32,33)34)37-27(42)21-3-1-17(25(30)26(21)31)13-36-24(41)16-40-15-19-12-20(40)14-35-19/h1-4,11,19-20,35H,5-10,12-16H2,(H,36,41)(H,37,42). The van der Waals surface area contributed by atoms with Crippen molar-refractivity contribution in [1.82, 2.24) is 20.4 Å². The van der Waals surface area contributed by atoms with Gasteiger partial charge >= 0.3 is 6.18 Å². The number of carbonyl (C=O) groups is 2. The van der Waals surface area contributed by atoms with Crippen LogP contribution in [0.4, 0.5) is 33.3 Å². The molecule has 5 rings (SSSR count). The first kappa shape index (κ1) is 30.5. The molecule has 2 bridgehead atoms. The Kier molecular flexibility index (Phi) is 9.21.